The van der Waals surface area contributed by atoms with Crippen molar-refractivity contribution in [2.45, 2.75) is 19.0 Å². The Labute approximate surface area is 192 Å². The van der Waals surface area contributed by atoms with Crippen LogP contribution in [0.2, 0.25) is 0 Å². The van der Waals surface area contributed by atoms with Crippen LogP contribution in [0.15, 0.2) is 21.6 Å². The molecule has 0 aromatic heterocycles. The van der Waals surface area contributed by atoms with Gasteiger partial charge >= 0.3 is 0 Å². The van der Waals surface area contributed by atoms with Gasteiger partial charge in [-0.15, -0.1) is 24.0 Å². The van der Waals surface area contributed by atoms with E-state index in [0.29, 0.717) is 24.1 Å². The second kappa shape index (κ2) is 11.4. The quantitative estimate of drug-likeness (QED) is 0.335. The average Bonchev–Trinajstić information content (AvgIpc) is 3.18. The van der Waals surface area contributed by atoms with E-state index in [0.717, 1.165) is 55.4 Å². The second-order valence-corrected chi connectivity index (χ2v) is 7.61. The van der Waals surface area contributed by atoms with Crippen LogP contribution in [0.5, 0.6) is 11.5 Å². The number of benzene rings is 1. The molecule has 2 fully saturated rings. The van der Waals surface area contributed by atoms with Crippen LogP contribution in [-0.4, -0.2) is 82.5 Å². The van der Waals surface area contributed by atoms with Crippen LogP contribution in [0.3, 0.4) is 0 Å². The van der Waals surface area contributed by atoms with Gasteiger partial charge in [0.15, 0.2) is 17.5 Å². The minimum Gasteiger partial charge on any atom is -0.493 e. The van der Waals surface area contributed by atoms with Gasteiger partial charge in [-0.1, -0.05) is 0 Å². The number of morpholine rings is 1. The summed E-state index contributed by atoms with van der Waals surface area (Å²) in [7, 11) is 5.13. The lowest BCUT2D eigenvalue weighted by Crippen LogP contribution is -2.46. The topological polar surface area (TPSA) is 58.6 Å². The van der Waals surface area contributed by atoms with Gasteiger partial charge in [-0.2, -0.15) is 0 Å². The molecule has 2 heterocycles. The highest BCUT2D eigenvalue weighted by Gasteiger charge is 2.30. The summed E-state index contributed by atoms with van der Waals surface area (Å²) >= 11 is 3.55. The summed E-state index contributed by atoms with van der Waals surface area (Å²) in [6.45, 7) is 6.46. The van der Waals surface area contributed by atoms with Gasteiger partial charge in [0.1, 0.15) is 0 Å². The molecule has 1 atom stereocenters. The highest BCUT2D eigenvalue weighted by molar-refractivity contribution is 14.0. The highest BCUT2D eigenvalue weighted by Crippen LogP contribution is 2.36. The van der Waals surface area contributed by atoms with Crippen LogP contribution in [0, 0.1) is 0 Å². The second-order valence-electron chi connectivity index (χ2n) is 6.75. The van der Waals surface area contributed by atoms with Crippen molar-refractivity contribution in [1.82, 2.24) is 15.1 Å². The smallest absolute Gasteiger partial charge is 0.193 e. The molecule has 2 saturated heterocycles. The summed E-state index contributed by atoms with van der Waals surface area (Å²) in [5.74, 6) is 2.36. The lowest BCUT2D eigenvalue weighted by atomic mass is 10.2. The molecule has 7 nitrogen and oxygen atoms in total. The molecular weight excluding hydrogens is 539 g/mol. The Morgan fingerprint density at radius 1 is 1.25 bits per heavy atom. The summed E-state index contributed by atoms with van der Waals surface area (Å²) < 4.78 is 17.2. The van der Waals surface area contributed by atoms with Gasteiger partial charge in [0.2, 0.25) is 0 Å². The monoisotopic (exact) mass is 568 g/mol. The number of ether oxygens (including phenoxy) is 3. The van der Waals surface area contributed by atoms with Gasteiger partial charge in [-0.05, 0) is 40.0 Å². The van der Waals surface area contributed by atoms with Crippen LogP contribution in [-0.2, 0) is 11.3 Å². The first-order valence-corrected chi connectivity index (χ1v) is 10.1. The number of halogens is 2. The fourth-order valence-electron chi connectivity index (χ4n) is 3.76. The van der Waals surface area contributed by atoms with Crippen molar-refractivity contribution in [3.05, 3.63) is 22.2 Å². The van der Waals surface area contributed by atoms with Crippen molar-refractivity contribution in [3.63, 3.8) is 0 Å². The first kappa shape index (κ1) is 23.5. The van der Waals surface area contributed by atoms with Gasteiger partial charge in [0.25, 0.3) is 0 Å². The molecular formula is C19H30BrIN4O3. The number of hydrogen-bond acceptors (Lipinski definition) is 5. The van der Waals surface area contributed by atoms with E-state index in [-0.39, 0.29) is 24.0 Å². The van der Waals surface area contributed by atoms with Crippen LogP contribution < -0.4 is 14.8 Å². The van der Waals surface area contributed by atoms with Crippen LogP contribution in [0.1, 0.15) is 12.0 Å². The maximum atomic E-state index is 5.47. The third-order valence-corrected chi connectivity index (χ3v) is 5.77. The van der Waals surface area contributed by atoms with Crippen molar-refractivity contribution in [1.29, 1.82) is 0 Å². The Balaban J connectivity index is 0.00000280. The maximum absolute atomic E-state index is 5.47. The van der Waals surface area contributed by atoms with E-state index in [4.69, 9.17) is 14.2 Å². The Morgan fingerprint density at radius 3 is 2.64 bits per heavy atom. The Morgan fingerprint density at radius 2 is 2.00 bits per heavy atom. The van der Waals surface area contributed by atoms with E-state index in [2.05, 4.69) is 36.0 Å². The lowest BCUT2D eigenvalue weighted by molar-refractivity contribution is 0.0195. The molecule has 3 rings (SSSR count). The van der Waals surface area contributed by atoms with Gasteiger partial charge in [-0.3, -0.25) is 9.89 Å². The van der Waals surface area contributed by atoms with E-state index in [1.54, 1.807) is 14.2 Å². The molecule has 2 aliphatic rings. The number of hydrogen-bond donors (Lipinski definition) is 1. The zero-order chi connectivity index (χ0) is 19.2. The largest absolute Gasteiger partial charge is 0.493 e. The minimum absolute atomic E-state index is 0. The molecule has 0 aliphatic carbocycles. The van der Waals surface area contributed by atoms with E-state index in [9.17, 15) is 0 Å². The number of likely N-dealkylation sites (tertiary alicyclic amines) is 1. The summed E-state index contributed by atoms with van der Waals surface area (Å²) in [5, 5.41) is 3.48. The van der Waals surface area contributed by atoms with Crippen LogP contribution >= 0.6 is 39.9 Å². The SMILES string of the molecule is CN=C(NCc1cc(Br)c(OC)c(OC)c1)N1CCC(N2CCOCC2)C1.I. The molecule has 1 unspecified atom stereocenters. The van der Waals surface area contributed by atoms with Gasteiger partial charge in [0.05, 0.1) is 31.9 Å². The summed E-state index contributed by atoms with van der Waals surface area (Å²) in [4.78, 5) is 9.37. The number of nitrogens with zero attached hydrogens (tertiary/aromatic N) is 3. The molecule has 1 aromatic carbocycles. The van der Waals surface area contributed by atoms with Crippen molar-refractivity contribution in [3.8, 4) is 11.5 Å². The standard InChI is InChI=1S/C19H29BrN4O3.HI/c1-21-19(24-5-4-15(13-24)23-6-8-27-9-7-23)22-12-14-10-16(20)18(26-3)17(11-14)25-2;/h10-11,15H,4-9,12-13H2,1-3H3,(H,21,22);1H. The molecule has 28 heavy (non-hydrogen) atoms. The first-order valence-electron chi connectivity index (χ1n) is 9.34. The molecule has 0 bridgehead atoms. The van der Waals surface area contributed by atoms with E-state index >= 15 is 0 Å². The average molecular weight is 569 g/mol. The van der Waals surface area contributed by atoms with E-state index in [1.165, 1.54) is 6.42 Å². The Hall–Kier alpha value is -0.780. The van der Waals surface area contributed by atoms with Crippen LogP contribution in [0.25, 0.3) is 0 Å². The lowest BCUT2D eigenvalue weighted by Gasteiger charge is -2.32. The minimum atomic E-state index is 0. The predicted octanol–water partition coefficient (Wildman–Crippen LogP) is 2.57. The zero-order valence-electron chi connectivity index (χ0n) is 16.7. The number of methoxy groups -OCH3 is 2. The number of rotatable bonds is 5. The first-order chi connectivity index (χ1) is 13.2. The molecule has 0 spiro atoms. The van der Waals surface area contributed by atoms with Crippen molar-refractivity contribution < 1.29 is 14.2 Å². The molecule has 1 N–H and O–H groups in total. The molecule has 0 amide bonds. The van der Waals surface area contributed by atoms with Crippen molar-refractivity contribution in [2.24, 2.45) is 4.99 Å². The Kier molecular flexibility index (Phi) is 9.58. The van der Waals surface area contributed by atoms with Gasteiger partial charge in [0, 0.05) is 45.8 Å². The number of nitrogens with one attached hydrogen (secondary N) is 1. The molecule has 1 aromatic rings. The molecule has 0 radical (unpaired) electrons. The molecule has 0 saturated carbocycles. The summed E-state index contributed by atoms with van der Waals surface area (Å²) in [5.41, 5.74) is 1.10. The summed E-state index contributed by atoms with van der Waals surface area (Å²) in [6, 6.07) is 4.62. The molecule has 158 valence electrons. The fraction of sp³-hybridized carbons (Fsp3) is 0.632. The fourth-order valence-corrected chi connectivity index (χ4v) is 4.41. The van der Waals surface area contributed by atoms with Crippen LogP contribution in [0.4, 0.5) is 0 Å². The zero-order valence-corrected chi connectivity index (χ0v) is 20.7. The number of guanidine groups is 1. The predicted molar refractivity (Wildman–Crippen MR) is 125 cm³/mol. The normalized spacial score (nSPS) is 20.6. The third-order valence-electron chi connectivity index (χ3n) is 5.18. The van der Waals surface area contributed by atoms with E-state index < -0.39 is 0 Å². The summed E-state index contributed by atoms with van der Waals surface area (Å²) in [6.07, 6.45) is 1.17. The van der Waals surface area contributed by atoms with Crippen molar-refractivity contribution >= 4 is 45.9 Å². The number of aliphatic imine (C=N–C) groups is 1. The van der Waals surface area contributed by atoms with Gasteiger partial charge in [-0.25, -0.2) is 0 Å². The maximum Gasteiger partial charge on any atom is 0.193 e. The highest BCUT2D eigenvalue weighted by atomic mass is 127. The third kappa shape index (κ3) is 5.64. The Bertz CT molecular complexity index is 671. The molecule has 9 heteroatoms. The van der Waals surface area contributed by atoms with Crippen molar-refractivity contribution in [2.75, 3.05) is 60.7 Å². The molecule has 2 aliphatic heterocycles. The van der Waals surface area contributed by atoms with Gasteiger partial charge < -0.3 is 24.4 Å². The van der Waals surface area contributed by atoms with E-state index in [1.807, 2.05) is 19.2 Å².